The predicted molar refractivity (Wildman–Crippen MR) is 68.6 cm³/mol. The van der Waals surface area contributed by atoms with Crippen molar-refractivity contribution < 1.29 is 18.0 Å². The molecular formula is C14H11F3N2O. The van der Waals surface area contributed by atoms with Gasteiger partial charge in [-0.3, -0.25) is 0 Å². The molecule has 0 spiro atoms. The Kier molecular flexibility index (Phi) is 4.24. The fraction of sp³-hybridized carbons (Fsp3) is 0.0714. The van der Waals surface area contributed by atoms with E-state index in [0.717, 1.165) is 18.2 Å². The standard InChI is InChI=1S/C14H11F3N2O/c15-10-3-1-9(2-4-10)8-18-14(20)19-13-7-11(16)5-6-12(13)17/h1-7H,8H2,(H2,18,19,20). The van der Waals surface area contributed by atoms with Crippen molar-refractivity contribution in [3.05, 3.63) is 65.5 Å². The minimum atomic E-state index is -0.733. The van der Waals surface area contributed by atoms with E-state index in [2.05, 4.69) is 10.6 Å². The van der Waals surface area contributed by atoms with Crippen LogP contribution in [0.1, 0.15) is 5.56 Å². The first-order chi connectivity index (χ1) is 9.54. The van der Waals surface area contributed by atoms with E-state index in [1.807, 2.05) is 0 Å². The highest BCUT2D eigenvalue weighted by Gasteiger charge is 2.07. The summed E-state index contributed by atoms with van der Waals surface area (Å²) in [5.74, 6) is -1.76. The molecule has 2 aromatic carbocycles. The monoisotopic (exact) mass is 280 g/mol. The van der Waals surface area contributed by atoms with Gasteiger partial charge in [0, 0.05) is 12.6 Å². The molecule has 20 heavy (non-hydrogen) atoms. The van der Waals surface area contributed by atoms with E-state index >= 15 is 0 Å². The van der Waals surface area contributed by atoms with Crippen LogP contribution in [0.25, 0.3) is 0 Å². The largest absolute Gasteiger partial charge is 0.334 e. The predicted octanol–water partition coefficient (Wildman–Crippen LogP) is 3.43. The van der Waals surface area contributed by atoms with Crippen molar-refractivity contribution in [3.8, 4) is 0 Å². The summed E-state index contributed by atoms with van der Waals surface area (Å²) in [6.45, 7) is 0.142. The first-order valence-electron chi connectivity index (χ1n) is 5.79. The Morgan fingerprint density at radius 3 is 2.30 bits per heavy atom. The second kappa shape index (κ2) is 6.10. The number of carbonyl (C=O) groups is 1. The number of rotatable bonds is 3. The summed E-state index contributed by atoms with van der Waals surface area (Å²) in [6, 6.07) is 7.63. The number of nitrogens with one attached hydrogen (secondary N) is 2. The Morgan fingerprint density at radius 1 is 0.950 bits per heavy atom. The molecule has 0 saturated carbocycles. The SMILES string of the molecule is O=C(NCc1ccc(F)cc1)Nc1cc(F)ccc1F. The molecule has 0 heterocycles. The van der Waals surface area contributed by atoms with E-state index in [9.17, 15) is 18.0 Å². The van der Waals surface area contributed by atoms with Gasteiger partial charge in [-0.1, -0.05) is 12.1 Å². The Hall–Kier alpha value is -2.50. The van der Waals surface area contributed by atoms with Crippen molar-refractivity contribution >= 4 is 11.7 Å². The zero-order valence-corrected chi connectivity index (χ0v) is 10.3. The highest BCUT2D eigenvalue weighted by Crippen LogP contribution is 2.14. The molecule has 0 bridgehead atoms. The van der Waals surface area contributed by atoms with E-state index < -0.39 is 17.7 Å². The lowest BCUT2D eigenvalue weighted by molar-refractivity contribution is 0.251. The second-order valence-electron chi connectivity index (χ2n) is 4.06. The van der Waals surface area contributed by atoms with Crippen LogP contribution in [0, 0.1) is 17.5 Å². The molecule has 0 aliphatic rings. The van der Waals surface area contributed by atoms with Crippen molar-refractivity contribution in [1.82, 2.24) is 5.32 Å². The summed E-state index contributed by atoms with van der Waals surface area (Å²) in [4.78, 5) is 11.5. The van der Waals surface area contributed by atoms with Gasteiger partial charge in [0.05, 0.1) is 5.69 Å². The van der Waals surface area contributed by atoms with Gasteiger partial charge in [-0.05, 0) is 29.8 Å². The van der Waals surface area contributed by atoms with Crippen LogP contribution in [0.4, 0.5) is 23.7 Å². The molecule has 6 heteroatoms. The molecule has 2 aromatic rings. The van der Waals surface area contributed by atoms with Gasteiger partial charge in [-0.25, -0.2) is 18.0 Å². The van der Waals surface area contributed by atoms with Crippen molar-refractivity contribution in [2.24, 2.45) is 0 Å². The van der Waals surface area contributed by atoms with Crippen LogP contribution in [0.5, 0.6) is 0 Å². The molecular weight excluding hydrogens is 269 g/mol. The Bertz CT molecular complexity index is 614. The van der Waals surface area contributed by atoms with Crippen LogP contribution >= 0.6 is 0 Å². The third kappa shape index (κ3) is 3.74. The molecule has 0 aliphatic carbocycles. The molecule has 3 nitrogen and oxygen atoms in total. The minimum Gasteiger partial charge on any atom is -0.334 e. The summed E-state index contributed by atoms with van der Waals surface area (Å²) in [7, 11) is 0. The second-order valence-corrected chi connectivity index (χ2v) is 4.06. The number of hydrogen-bond acceptors (Lipinski definition) is 1. The molecule has 0 radical (unpaired) electrons. The van der Waals surface area contributed by atoms with Crippen LogP contribution < -0.4 is 10.6 Å². The zero-order chi connectivity index (χ0) is 14.5. The summed E-state index contributed by atoms with van der Waals surface area (Å²) >= 11 is 0. The summed E-state index contributed by atoms with van der Waals surface area (Å²) in [5.41, 5.74) is 0.433. The quantitative estimate of drug-likeness (QED) is 0.888. The zero-order valence-electron chi connectivity index (χ0n) is 10.3. The summed E-state index contributed by atoms with van der Waals surface area (Å²) < 4.78 is 38.9. The number of carbonyl (C=O) groups excluding carboxylic acids is 1. The average molecular weight is 280 g/mol. The molecule has 0 atom stereocenters. The lowest BCUT2D eigenvalue weighted by Gasteiger charge is -2.08. The third-order valence-electron chi connectivity index (χ3n) is 2.54. The number of anilines is 1. The van der Waals surface area contributed by atoms with Gasteiger partial charge in [0.25, 0.3) is 0 Å². The van der Waals surface area contributed by atoms with Gasteiger partial charge in [0.2, 0.25) is 0 Å². The van der Waals surface area contributed by atoms with Crippen LogP contribution in [0.15, 0.2) is 42.5 Å². The maximum absolute atomic E-state index is 13.3. The Balaban J connectivity index is 1.92. The molecule has 2 rings (SSSR count). The molecule has 0 aliphatic heterocycles. The summed E-state index contributed by atoms with van der Waals surface area (Å²) in [5, 5.41) is 4.65. The Labute approximate surface area is 113 Å². The van der Waals surface area contributed by atoms with E-state index in [0.29, 0.717) is 5.56 Å². The molecule has 0 aromatic heterocycles. The van der Waals surface area contributed by atoms with Crippen LogP contribution in [0.2, 0.25) is 0 Å². The highest BCUT2D eigenvalue weighted by molar-refractivity contribution is 5.89. The van der Waals surface area contributed by atoms with E-state index in [1.165, 1.54) is 24.3 Å². The fourth-order valence-electron chi connectivity index (χ4n) is 1.54. The van der Waals surface area contributed by atoms with E-state index in [-0.39, 0.29) is 18.0 Å². The van der Waals surface area contributed by atoms with E-state index in [1.54, 1.807) is 0 Å². The lowest BCUT2D eigenvalue weighted by atomic mass is 10.2. The Morgan fingerprint density at radius 2 is 1.60 bits per heavy atom. The molecule has 0 saturated heterocycles. The smallest absolute Gasteiger partial charge is 0.319 e. The van der Waals surface area contributed by atoms with Crippen LogP contribution in [-0.4, -0.2) is 6.03 Å². The normalized spacial score (nSPS) is 10.2. The fourth-order valence-corrected chi connectivity index (χ4v) is 1.54. The van der Waals surface area contributed by atoms with Gasteiger partial charge in [-0.15, -0.1) is 0 Å². The molecule has 2 amide bonds. The van der Waals surface area contributed by atoms with Gasteiger partial charge in [0.1, 0.15) is 17.5 Å². The lowest BCUT2D eigenvalue weighted by Crippen LogP contribution is -2.28. The van der Waals surface area contributed by atoms with E-state index in [4.69, 9.17) is 0 Å². The average Bonchev–Trinajstić information content (AvgIpc) is 2.42. The number of amides is 2. The number of urea groups is 1. The highest BCUT2D eigenvalue weighted by atomic mass is 19.1. The maximum atomic E-state index is 13.3. The molecule has 104 valence electrons. The van der Waals surface area contributed by atoms with Gasteiger partial charge in [-0.2, -0.15) is 0 Å². The van der Waals surface area contributed by atoms with Gasteiger partial charge in [0.15, 0.2) is 0 Å². The van der Waals surface area contributed by atoms with Gasteiger partial charge >= 0.3 is 6.03 Å². The maximum Gasteiger partial charge on any atom is 0.319 e. The van der Waals surface area contributed by atoms with Crippen molar-refractivity contribution in [2.45, 2.75) is 6.54 Å². The van der Waals surface area contributed by atoms with Crippen molar-refractivity contribution in [1.29, 1.82) is 0 Å². The minimum absolute atomic E-state index is 0.142. The first kappa shape index (κ1) is 13.9. The van der Waals surface area contributed by atoms with Gasteiger partial charge < -0.3 is 10.6 Å². The molecule has 0 unspecified atom stereocenters. The van der Waals surface area contributed by atoms with Crippen LogP contribution in [0.3, 0.4) is 0 Å². The topological polar surface area (TPSA) is 41.1 Å². The first-order valence-corrected chi connectivity index (χ1v) is 5.79. The molecule has 0 fully saturated rings. The third-order valence-corrected chi connectivity index (χ3v) is 2.54. The number of hydrogen-bond donors (Lipinski definition) is 2. The van der Waals surface area contributed by atoms with Crippen molar-refractivity contribution in [2.75, 3.05) is 5.32 Å². The number of halogens is 3. The van der Waals surface area contributed by atoms with Crippen LogP contribution in [-0.2, 0) is 6.54 Å². The number of benzene rings is 2. The van der Waals surface area contributed by atoms with Crippen molar-refractivity contribution in [3.63, 3.8) is 0 Å². The summed E-state index contributed by atoms with van der Waals surface area (Å²) in [6.07, 6.45) is 0. The molecule has 2 N–H and O–H groups in total.